The van der Waals surface area contributed by atoms with E-state index in [1.165, 1.54) is 43.2 Å². The Balaban J connectivity index is 1.82. The van der Waals surface area contributed by atoms with Crippen LogP contribution in [0.4, 0.5) is 0 Å². The summed E-state index contributed by atoms with van der Waals surface area (Å²) in [7, 11) is 0. The van der Waals surface area contributed by atoms with Gasteiger partial charge in [0.25, 0.3) is 0 Å². The zero-order chi connectivity index (χ0) is 16.7. The van der Waals surface area contributed by atoms with Gasteiger partial charge in [0.1, 0.15) is 0 Å². The number of benzene rings is 1. The minimum Gasteiger partial charge on any atom is -0.299 e. The smallest absolute Gasteiger partial charge is 0.160 e. The van der Waals surface area contributed by atoms with Crippen LogP contribution in [-0.2, 0) is 11.8 Å². The lowest BCUT2D eigenvalue weighted by atomic mass is 9.52. The van der Waals surface area contributed by atoms with Gasteiger partial charge in [-0.25, -0.2) is 0 Å². The van der Waals surface area contributed by atoms with E-state index in [-0.39, 0.29) is 11.2 Å². The van der Waals surface area contributed by atoms with E-state index in [1.807, 2.05) is 6.07 Å². The SMILES string of the molecule is CC(=O)c1cccc2c1C[C@@H]1[C@@H]3CCCC[C@]23CCN1CCC#N. The van der Waals surface area contributed by atoms with Gasteiger partial charge in [-0.05, 0) is 56.2 Å². The average Bonchev–Trinajstić information content (AvgIpc) is 2.60. The molecule has 3 heteroatoms. The van der Waals surface area contributed by atoms with Crippen molar-refractivity contribution in [2.75, 3.05) is 13.1 Å². The van der Waals surface area contributed by atoms with Crippen molar-refractivity contribution in [3.8, 4) is 6.07 Å². The van der Waals surface area contributed by atoms with E-state index in [2.05, 4.69) is 23.1 Å². The van der Waals surface area contributed by atoms with Crippen molar-refractivity contribution in [1.29, 1.82) is 5.26 Å². The Morgan fingerprint density at radius 1 is 1.38 bits per heavy atom. The zero-order valence-corrected chi connectivity index (χ0v) is 14.6. The number of nitrogens with zero attached hydrogens (tertiary/aromatic N) is 2. The van der Waals surface area contributed by atoms with Crippen molar-refractivity contribution in [2.45, 2.75) is 63.3 Å². The number of nitriles is 1. The highest BCUT2D eigenvalue weighted by Crippen LogP contribution is 2.56. The van der Waals surface area contributed by atoms with Gasteiger partial charge in [-0.2, -0.15) is 5.26 Å². The second-order valence-electron chi connectivity index (χ2n) is 7.86. The highest BCUT2D eigenvalue weighted by atomic mass is 16.1. The molecule has 4 rings (SSSR count). The standard InChI is InChI=1S/C21H26N2O/c1-15(24)16-6-4-8-18-17(16)14-20-19-7-2-3-9-21(18,19)10-13-23(20)12-5-11-22/h4,6,8,19-20H,2-3,5,7,9-10,12-14H2,1H3/t19-,20+,21-/m0/s1. The van der Waals surface area contributed by atoms with E-state index in [0.717, 1.165) is 25.1 Å². The maximum atomic E-state index is 12.2. The molecule has 2 bridgehead atoms. The van der Waals surface area contributed by atoms with Gasteiger partial charge in [0.15, 0.2) is 5.78 Å². The fourth-order valence-corrected chi connectivity index (χ4v) is 5.92. The van der Waals surface area contributed by atoms with Crippen molar-refractivity contribution < 1.29 is 4.79 Å². The number of carbonyl (C=O) groups excluding carboxylic acids is 1. The molecule has 1 aliphatic heterocycles. The maximum absolute atomic E-state index is 12.2. The van der Waals surface area contributed by atoms with Crippen LogP contribution in [0, 0.1) is 17.2 Å². The van der Waals surface area contributed by atoms with Crippen molar-refractivity contribution in [3.63, 3.8) is 0 Å². The average molecular weight is 322 g/mol. The van der Waals surface area contributed by atoms with E-state index in [0.29, 0.717) is 18.4 Å². The van der Waals surface area contributed by atoms with Crippen LogP contribution in [0.15, 0.2) is 18.2 Å². The number of Topliss-reactive ketones (excluding diaryl/α,β-unsaturated/α-hetero) is 1. The molecule has 2 fully saturated rings. The van der Waals surface area contributed by atoms with Crippen LogP contribution in [0.2, 0.25) is 0 Å². The Bertz CT molecular complexity index is 704. The molecule has 2 aliphatic carbocycles. The Hall–Kier alpha value is -1.66. The third-order valence-electron chi connectivity index (χ3n) is 6.89. The molecule has 1 heterocycles. The molecule has 3 atom stereocenters. The molecule has 3 nitrogen and oxygen atoms in total. The molecule has 0 N–H and O–H groups in total. The summed E-state index contributed by atoms with van der Waals surface area (Å²) in [6, 6.07) is 9.24. The first-order chi connectivity index (χ1) is 11.7. The molecule has 126 valence electrons. The topological polar surface area (TPSA) is 44.1 Å². The summed E-state index contributed by atoms with van der Waals surface area (Å²) in [5, 5.41) is 9.01. The first-order valence-electron chi connectivity index (χ1n) is 9.42. The monoisotopic (exact) mass is 322 g/mol. The van der Waals surface area contributed by atoms with Gasteiger partial charge in [-0.3, -0.25) is 9.69 Å². The first kappa shape index (κ1) is 15.8. The molecule has 1 aromatic carbocycles. The number of carbonyl (C=O) groups is 1. The fourth-order valence-electron chi connectivity index (χ4n) is 5.92. The summed E-state index contributed by atoms with van der Waals surface area (Å²) in [5.41, 5.74) is 4.01. The fraction of sp³-hybridized carbons (Fsp3) is 0.619. The van der Waals surface area contributed by atoms with Gasteiger partial charge < -0.3 is 0 Å². The first-order valence-corrected chi connectivity index (χ1v) is 9.42. The molecule has 24 heavy (non-hydrogen) atoms. The van der Waals surface area contributed by atoms with Gasteiger partial charge in [-0.1, -0.05) is 31.0 Å². The largest absolute Gasteiger partial charge is 0.299 e. The zero-order valence-electron chi connectivity index (χ0n) is 14.6. The summed E-state index contributed by atoms with van der Waals surface area (Å²) in [5.74, 6) is 0.896. The van der Waals surface area contributed by atoms with Gasteiger partial charge in [0.2, 0.25) is 0 Å². The number of likely N-dealkylation sites (tertiary alicyclic amines) is 1. The Kier molecular flexibility index (Phi) is 3.96. The van der Waals surface area contributed by atoms with Crippen LogP contribution < -0.4 is 0 Å². The van der Waals surface area contributed by atoms with E-state index in [1.54, 1.807) is 6.92 Å². The van der Waals surface area contributed by atoms with E-state index in [9.17, 15) is 4.79 Å². The molecule has 1 saturated carbocycles. The molecule has 0 unspecified atom stereocenters. The number of fused-ring (bicyclic) bond motifs is 1. The van der Waals surface area contributed by atoms with E-state index in [4.69, 9.17) is 5.26 Å². The van der Waals surface area contributed by atoms with Crippen molar-refractivity contribution in [1.82, 2.24) is 4.90 Å². The van der Waals surface area contributed by atoms with Crippen molar-refractivity contribution in [2.24, 2.45) is 5.92 Å². The summed E-state index contributed by atoms with van der Waals surface area (Å²) in [6.45, 7) is 3.68. The lowest BCUT2D eigenvalue weighted by Gasteiger charge is -2.59. The summed E-state index contributed by atoms with van der Waals surface area (Å²) < 4.78 is 0. The molecule has 1 saturated heterocycles. The van der Waals surface area contributed by atoms with Gasteiger partial charge in [-0.15, -0.1) is 0 Å². The molecule has 0 radical (unpaired) electrons. The number of hydrogen-bond donors (Lipinski definition) is 0. The Labute approximate surface area is 144 Å². The Morgan fingerprint density at radius 3 is 3.04 bits per heavy atom. The normalized spacial score (nSPS) is 31.7. The molecule has 0 spiro atoms. The maximum Gasteiger partial charge on any atom is 0.160 e. The van der Waals surface area contributed by atoms with Crippen LogP contribution in [0.1, 0.15) is 66.9 Å². The minimum absolute atomic E-state index is 0.194. The molecular formula is C21H26N2O. The predicted octanol–water partition coefficient (Wildman–Crippen LogP) is 3.86. The van der Waals surface area contributed by atoms with Gasteiger partial charge in [0, 0.05) is 30.0 Å². The molecule has 0 amide bonds. The highest BCUT2D eigenvalue weighted by molar-refractivity contribution is 5.96. The number of piperidine rings is 1. The molecule has 1 aromatic rings. The van der Waals surface area contributed by atoms with Gasteiger partial charge >= 0.3 is 0 Å². The Morgan fingerprint density at radius 2 is 2.25 bits per heavy atom. The van der Waals surface area contributed by atoms with E-state index >= 15 is 0 Å². The second kappa shape index (κ2) is 6.01. The summed E-state index contributed by atoms with van der Waals surface area (Å²) >= 11 is 0. The minimum atomic E-state index is 0.194. The third kappa shape index (κ3) is 2.24. The number of hydrogen-bond acceptors (Lipinski definition) is 3. The number of ketones is 1. The van der Waals surface area contributed by atoms with Crippen molar-refractivity contribution >= 4 is 5.78 Å². The van der Waals surface area contributed by atoms with Crippen LogP contribution in [0.25, 0.3) is 0 Å². The van der Waals surface area contributed by atoms with Crippen molar-refractivity contribution in [3.05, 3.63) is 34.9 Å². The quantitative estimate of drug-likeness (QED) is 0.794. The van der Waals surface area contributed by atoms with Crippen LogP contribution >= 0.6 is 0 Å². The number of rotatable bonds is 3. The summed E-state index contributed by atoms with van der Waals surface area (Å²) in [6.07, 6.45) is 8.00. The lowest BCUT2D eigenvalue weighted by Crippen LogP contribution is -2.61. The van der Waals surface area contributed by atoms with Crippen LogP contribution in [0.5, 0.6) is 0 Å². The second-order valence-corrected chi connectivity index (χ2v) is 7.86. The molecule has 0 aromatic heterocycles. The highest BCUT2D eigenvalue weighted by Gasteiger charge is 2.53. The molecule has 3 aliphatic rings. The molecular weight excluding hydrogens is 296 g/mol. The van der Waals surface area contributed by atoms with E-state index < -0.39 is 0 Å². The third-order valence-corrected chi connectivity index (χ3v) is 6.89. The van der Waals surface area contributed by atoms with Gasteiger partial charge in [0.05, 0.1) is 6.07 Å². The predicted molar refractivity (Wildman–Crippen MR) is 94.0 cm³/mol. The van der Waals surface area contributed by atoms with Crippen LogP contribution in [-0.4, -0.2) is 29.8 Å². The summed E-state index contributed by atoms with van der Waals surface area (Å²) in [4.78, 5) is 14.7. The lowest BCUT2D eigenvalue weighted by molar-refractivity contribution is -0.0102. The van der Waals surface area contributed by atoms with Crippen LogP contribution in [0.3, 0.4) is 0 Å².